The average Bonchev–Trinajstić information content (AvgIpc) is 3.23. The zero-order chi connectivity index (χ0) is 19.0. The Kier molecular flexibility index (Phi) is 4.77. The summed E-state index contributed by atoms with van der Waals surface area (Å²) in [6.45, 7) is 5.61. The zero-order valence-corrected chi connectivity index (χ0v) is 16.3. The summed E-state index contributed by atoms with van der Waals surface area (Å²) in [4.78, 5) is 0. The molecule has 27 heavy (non-hydrogen) atoms. The summed E-state index contributed by atoms with van der Waals surface area (Å²) in [5.41, 5.74) is 1.90. The van der Waals surface area contributed by atoms with E-state index in [-0.39, 0.29) is 21.6 Å². The smallest absolute Gasteiger partial charge is 0.177 e. The molecule has 1 fully saturated rings. The maximum Gasteiger partial charge on any atom is 0.177 e. The van der Waals surface area contributed by atoms with E-state index in [9.17, 15) is 4.39 Å². The van der Waals surface area contributed by atoms with Crippen molar-refractivity contribution in [2.75, 3.05) is 10.0 Å². The van der Waals surface area contributed by atoms with E-state index in [0.717, 1.165) is 36.4 Å². The number of aromatic nitrogens is 2. The lowest BCUT2D eigenvalue weighted by molar-refractivity contribution is 0.628. The van der Waals surface area contributed by atoms with Gasteiger partial charge in [0.05, 0.1) is 16.1 Å². The Morgan fingerprint density at radius 2 is 2.11 bits per heavy atom. The molecule has 1 saturated carbocycles. The molecule has 4 nitrogen and oxygen atoms in total. The molecule has 0 amide bonds. The first kappa shape index (κ1) is 18.2. The van der Waals surface area contributed by atoms with Gasteiger partial charge in [-0.05, 0) is 73.4 Å². The molecule has 2 N–H and O–H groups in total. The molecule has 1 aliphatic carbocycles. The largest absolute Gasteiger partial charge is 0.349 e. The Hall–Kier alpha value is -2.19. The van der Waals surface area contributed by atoms with Gasteiger partial charge in [0, 0.05) is 4.75 Å². The highest BCUT2D eigenvalue weighted by Gasteiger charge is 2.42. The van der Waals surface area contributed by atoms with Crippen LogP contribution in [0.2, 0.25) is 0 Å². The molecule has 0 saturated heterocycles. The summed E-state index contributed by atoms with van der Waals surface area (Å²) in [5.74, 6) is -0.979. The van der Waals surface area contributed by atoms with Gasteiger partial charge in [-0.1, -0.05) is 16.6 Å². The van der Waals surface area contributed by atoms with Gasteiger partial charge in [-0.3, -0.25) is 0 Å². The molecule has 8 heteroatoms. The highest BCUT2D eigenvalue weighted by atomic mass is 32.2. The fourth-order valence-electron chi connectivity index (χ4n) is 2.86. The number of allylic oxidation sites excluding steroid dienone is 1. The van der Waals surface area contributed by atoms with Gasteiger partial charge < -0.3 is 10.0 Å². The fraction of sp³-hybridized carbons (Fsp3) is 0.263. The van der Waals surface area contributed by atoms with E-state index in [1.165, 1.54) is 6.07 Å². The monoisotopic (exact) mass is 404 g/mol. The molecular formula is C19H18F2N4S2. The van der Waals surface area contributed by atoms with E-state index >= 15 is 4.39 Å². The molecule has 0 radical (unpaired) electrons. The molecule has 0 atom stereocenters. The van der Waals surface area contributed by atoms with E-state index in [2.05, 4.69) is 26.2 Å². The number of benzene rings is 2. The van der Waals surface area contributed by atoms with E-state index in [1.54, 1.807) is 37.1 Å². The third kappa shape index (κ3) is 3.64. The van der Waals surface area contributed by atoms with E-state index in [4.69, 9.17) is 0 Å². The second kappa shape index (κ2) is 7.09. The lowest BCUT2D eigenvalue weighted by atomic mass is 10.2. The molecule has 0 bridgehead atoms. The summed E-state index contributed by atoms with van der Waals surface area (Å²) < 4.78 is 37.2. The van der Waals surface area contributed by atoms with Gasteiger partial charge in [0.2, 0.25) is 0 Å². The first-order chi connectivity index (χ1) is 13.0. The molecule has 140 valence electrons. The van der Waals surface area contributed by atoms with Crippen LogP contribution in [0.1, 0.15) is 24.8 Å². The third-order valence-electron chi connectivity index (χ3n) is 4.57. The number of rotatable bonds is 7. The quantitative estimate of drug-likeness (QED) is 0.363. The van der Waals surface area contributed by atoms with Gasteiger partial charge in [-0.15, -0.1) is 11.7 Å². The van der Waals surface area contributed by atoms with Gasteiger partial charge in [-0.25, -0.2) is 8.78 Å². The van der Waals surface area contributed by atoms with Crippen LogP contribution in [-0.2, 0) is 0 Å². The Bertz CT molecular complexity index is 1010. The van der Waals surface area contributed by atoms with Gasteiger partial charge in [0.25, 0.3) is 0 Å². The lowest BCUT2D eigenvalue weighted by Crippen LogP contribution is -2.07. The number of hydrogen-bond donors (Lipinski definition) is 2. The topological polar surface area (TPSA) is 49.8 Å². The number of aryl methyl sites for hydroxylation is 1. The Balaban J connectivity index is 1.70. The lowest BCUT2D eigenvalue weighted by Gasteiger charge is -2.18. The molecule has 1 heterocycles. The standard InChI is InChI=1S/C19H18F2N4S2/c1-3-6-19(7-8-19)27-24-14-10-15-18(23-25-26-15)16(21)17(14)22-13-5-4-11(2)9-12(13)20/h3-5,9-10,22,24H,1,6-8H2,2H3. The molecule has 0 unspecified atom stereocenters. The van der Waals surface area contributed by atoms with Crippen molar-refractivity contribution in [3.05, 3.63) is 54.1 Å². The van der Waals surface area contributed by atoms with Crippen molar-refractivity contribution in [2.24, 2.45) is 0 Å². The maximum absolute atomic E-state index is 15.1. The zero-order valence-electron chi connectivity index (χ0n) is 14.7. The molecule has 3 aromatic rings. The van der Waals surface area contributed by atoms with E-state index in [0.29, 0.717) is 10.4 Å². The molecule has 0 spiro atoms. The molecule has 1 aliphatic rings. The van der Waals surface area contributed by atoms with Crippen molar-refractivity contribution >= 4 is 50.8 Å². The van der Waals surface area contributed by atoms with Crippen molar-refractivity contribution in [1.82, 2.24) is 9.59 Å². The average molecular weight is 405 g/mol. The summed E-state index contributed by atoms with van der Waals surface area (Å²) >= 11 is 2.69. The molecule has 2 aromatic carbocycles. The number of nitrogens with one attached hydrogen (secondary N) is 2. The van der Waals surface area contributed by atoms with Crippen LogP contribution in [0.25, 0.3) is 10.2 Å². The Morgan fingerprint density at radius 1 is 1.30 bits per heavy atom. The Labute approximate surface area is 164 Å². The number of nitrogens with zero attached hydrogens (tertiary/aromatic N) is 2. The third-order valence-corrected chi connectivity index (χ3v) is 6.57. The van der Waals surface area contributed by atoms with Crippen LogP contribution < -0.4 is 10.0 Å². The first-order valence-electron chi connectivity index (χ1n) is 8.54. The van der Waals surface area contributed by atoms with Crippen LogP contribution in [0, 0.1) is 18.6 Å². The van der Waals surface area contributed by atoms with Crippen LogP contribution in [0.3, 0.4) is 0 Å². The highest BCUT2D eigenvalue weighted by molar-refractivity contribution is 8.02. The number of fused-ring (bicyclic) bond motifs is 1. The Morgan fingerprint density at radius 3 is 2.81 bits per heavy atom. The van der Waals surface area contributed by atoms with Gasteiger partial charge in [-0.2, -0.15) is 0 Å². The second-order valence-corrected chi connectivity index (χ2v) is 8.78. The highest BCUT2D eigenvalue weighted by Crippen LogP contribution is 2.52. The molecular weight excluding hydrogens is 386 g/mol. The fourth-order valence-corrected chi connectivity index (χ4v) is 4.45. The summed E-state index contributed by atoms with van der Waals surface area (Å²) in [5, 5.41) is 6.76. The van der Waals surface area contributed by atoms with E-state index < -0.39 is 11.6 Å². The second-order valence-electron chi connectivity index (χ2n) is 6.72. The van der Waals surface area contributed by atoms with Crippen molar-refractivity contribution in [2.45, 2.75) is 30.9 Å². The SMILES string of the molecule is C=CCC1(SNc2cc3snnc3c(F)c2Nc2ccc(C)cc2F)CC1. The van der Waals surface area contributed by atoms with Gasteiger partial charge in [0.15, 0.2) is 5.82 Å². The van der Waals surface area contributed by atoms with Crippen molar-refractivity contribution in [3.63, 3.8) is 0 Å². The normalized spacial score (nSPS) is 14.9. The summed E-state index contributed by atoms with van der Waals surface area (Å²) in [6.07, 6.45) is 4.95. The van der Waals surface area contributed by atoms with Crippen LogP contribution in [0.5, 0.6) is 0 Å². The summed E-state index contributed by atoms with van der Waals surface area (Å²) in [7, 11) is 0. The van der Waals surface area contributed by atoms with Gasteiger partial charge >= 0.3 is 0 Å². The number of anilines is 3. The van der Waals surface area contributed by atoms with Crippen LogP contribution in [0.4, 0.5) is 25.8 Å². The predicted molar refractivity (Wildman–Crippen MR) is 110 cm³/mol. The minimum atomic E-state index is -0.544. The van der Waals surface area contributed by atoms with Gasteiger partial charge in [0.1, 0.15) is 17.0 Å². The molecule has 1 aromatic heterocycles. The summed E-state index contributed by atoms with van der Waals surface area (Å²) in [6, 6.07) is 6.59. The first-order valence-corrected chi connectivity index (χ1v) is 10.1. The number of hydrogen-bond acceptors (Lipinski definition) is 6. The van der Waals surface area contributed by atoms with Crippen molar-refractivity contribution in [1.29, 1.82) is 0 Å². The van der Waals surface area contributed by atoms with Crippen molar-refractivity contribution < 1.29 is 8.78 Å². The van der Waals surface area contributed by atoms with Crippen LogP contribution >= 0.6 is 23.5 Å². The van der Waals surface area contributed by atoms with Crippen LogP contribution in [-0.4, -0.2) is 14.3 Å². The predicted octanol–water partition coefficient (Wildman–Crippen LogP) is 6.19. The van der Waals surface area contributed by atoms with Crippen LogP contribution in [0.15, 0.2) is 36.9 Å². The molecule has 0 aliphatic heterocycles. The maximum atomic E-state index is 15.1. The van der Waals surface area contributed by atoms with Crippen molar-refractivity contribution in [3.8, 4) is 0 Å². The minimum absolute atomic E-state index is 0.103. The minimum Gasteiger partial charge on any atom is -0.349 e. The molecule has 4 rings (SSSR count). The number of halogens is 2. The van der Waals surface area contributed by atoms with E-state index in [1.807, 2.05) is 6.08 Å².